The van der Waals surface area contributed by atoms with Crippen molar-refractivity contribution in [1.29, 1.82) is 0 Å². The van der Waals surface area contributed by atoms with Crippen LogP contribution in [0.4, 0.5) is 5.82 Å². The van der Waals surface area contributed by atoms with E-state index in [0.717, 1.165) is 12.1 Å². The van der Waals surface area contributed by atoms with Gasteiger partial charge in [-0.25, -0.2) is 4.98 Å². The van der Waals surface area contributed by atoms with E-state index in [1.165, 1.54) is 5.57 Å². The number of ether oxygens (including phenoxy) is 1. The van der Waals surface area contributed by atoms with Crippen molar-refractivity contribution in [3.8, 4) is 0 Å². The van der Waals surface area contributed by atoms with Gasteiger partial charge in [-0.15, -0.1) is 0 Å². The molecular weight excluding hydrogens is 178 g/mol. The SMILES string of the molecule is CC1CC(c2cnc(N)cn2)=CCO1. The van der Waals surface area contributed by atoms with Crippen LogP contribution in [0, 0.1) is 0 Å². The van der Waals surface area contributed by atoms with E-state index < -0.39 is 0 Å². The summed E-state index contributed by atoms with van der Waals surface area (Å²) in [6.07, 6.45) is 6.48. The van der Waals surface area contributed by atoms with E-state index >= 15 is 0 Å². The van der Waals surface area contributed by atoms with Crippen LogP contribution < -0.4 is 5.73 Å². The minimum Gasteiger partial charge on any atom is -0.382 e. The predicted molar refractivity (Wildman–Crippen MR) is 54.5 cm³/mol. The number of nitrogen functional groups attached to an aromatic ring is 1. The van der Waals surface area contributed by atoms with E-state index in [1.54, 1.807) is 12.4 Å². The predicted octanol–water partition coefficient (Wildman–Crippen LogP) is 1.25. The number of aromatic nitrogens is 2. The highest BCUT2D eigenvalue weighted by molar-refractivity contribution is 5.63. The van der Waals surface area contributed by atoms with E-state index in [-0.39, 0.29) is 6.10 Å². The second-order valence-electron chi connectivity index (χ2n) is 3.40. The number of hydrogen-bond donors (Lipinski definition) is 1. The highest BCUT2D eigenvalue weighted by Gasteiger charge is 2.13. The van der Waals surface area contributed by atoms with Crippen LogP contribution in [-0.2, 0) is 4.74 Å². The molecule has 2 rings (SSSR count). The second kappa shape index (κ2) is 3.75. The molecule has 4 nitrogen and oxygen atoms in total. The summed E-state index contributed by atoms with van der Waals surface area (Å²) in [4.78, 5) is 8.24. The highest BCUT2D eigenvalue weighted by Crippen LogP contribution is 2.22. The Kier molecular flexibility index (Phi) is 2.45. The van der Waals surface area contributed by atoms with Crippen molar-refractivity contribution < 1.29 is 4.74 Å². The summed E-state index contributed by atoms with van der Waals surface area (Å²) in [5.74, 6) is 0.453. The zero-order valence-corrected chi connectivity index (χ0v) is 8.10. The van der Waals surface area contributed by atoms with Crippen LogP contribution in [0.15, 0.2) is 18.5 Å². The Balaban J connectivity index is 2.22. The van der Waals surface area contributed by atoms with Crippen LogP contribution in [-0.4, -0.2) is 22.7 Å². The summed E-state index contributed by atoms with van der Waals surface area (Å²) in [6.45, 7) is 2.71. The van der Waals surface area contributed by atoms with Crippen LogP contribution in [0.25, 0.3) is 5.57 Å². The number of hydrogen-bond acceptors (Lipinski definition) is 4. The maximum atomic E-state index is 5.47. The lowest BCUT2D eigenvalue weighted by Gasteiger charge is -2.19. The fourth-order valence-electron chi connectivity index (χ4n) is 1.48. The Bertz CT molecular complexity index is 345. The van der Waals surface area contributed by atoms with Gasteiger partial charge in [0.15, 0.2) is 0 Å². The Morgan fingerprint density at radius 2 is 2.29 bits per heavy atom. The number of anilines is 1. The monoisotopic (exact) mass is 191 g/mol. The average Bonchev–Trinajstić information content (AvgIpc) is 2.19. The standard InChI is InChI=1S/C10H13N3O/c1-7-4-8(2-3-14-7)9-5-13-10(11)6-12-9/h2,5-7H,3-4H2,1H3,(H2,11,13). The fourth-order valence-corrected chi connectivity index (χ4v) is 1.48. The summed E-state index contributed by atoms with van der Waals surface area (Å²) >= 11 is 0. The van der Waals surface area contributed by atoms with E-state index in [1.807, 2.05) is 6.08 Å². The minimum absolute atomic E-state index is 0.259. The molecule has 1 aliphatic rings. The van der Waals surface area contributed by atoms with Crippen LogP contribution in [0.1, 0.15) is 19.0 Å². The molecule has 2 N–H and O–H groups in total. The molecule has 0 radical (unpaired) electrons. The van der Waals surface area contributed by atoms with Gasteiger partial charge in [-0.2, -0.15) is 0 Å². The first-order chi connectivity index (χ1) is 6.75. The molecule has 0 fully saturated rings. The van der Waals surface area contributed by atoms with Gasteiger partial charge in [0.2, 0.25) is 0 Å². The smallest absolute Gasteiger partial charge is 0.141 e. The molecule has 1 atom stereocenters. The molecule has 0 aromatic carbocycles. The Hall–Kier alpha value is -1.42. The number of rotatable bonds is 1. The zero-order chi connectivity index (χ0) is 9.97. The molecule has 1 unspecified atom stereocenters. The second-order valence-corrected chi connectivity index (χ2v) is 3.40. The van der Waals surface area contributed by atoms with Crippen LogP contribution in [0.5, 0.6) is 0 Å². The van der Waals surface area contributed by atoms with Gasteiger partial charge in [0, 0.05) is 6.42 Å². The van der Waals surface area contributed by atoms with Crippen molar-refractivity contribution >= 4 is 11.4 Å². The van der Waals surface area contributed by atoms with Gasteiger partial charge in [0.1, 0.15) is 5.82 Å². The molecular formula is C10H13N3O. The summed E-state index contributed by atoms with van der Waals surface area (Å²) in [5.41, 5.74) is 7.55. The van der Waals surface area contributed by atoms with Crippen molar-refractivity contribution in [1.82, 2.24) is 9.97 Å². The van der Waals surface area contributed by atoms with E-state index in [0.29, 0.717) is 12.4 Å². The molecule has 4 heteroatoms. The van der Waals surface area contributed by atoms with Gasteiger partial charge in [-0.3, -0.25) is 4.98 Å². The average molecular weight is 191 g/mol. The van der Waals surface area contributed by atoms with Gasteiger partial charge in [-0.05, 0) is 12.5 Å². The summed E-state index contributed by atoms with van der Waals surface area (Å²) in [5, 5.41) is 0. The molecule has 0 amide bonds. The summed E-state index contributed by atoms with van der Waals surface area (Å²) < 4.78 is 5.40. The lowest BCUT2D eigenvalue weighted by molar-refractivity contribution is 0.0850. The van der Waals surface area contributed by atoms with Crippen LogP contribution in [0.2, 0.25) is 0 Å². The van der Waals surface area contributed by atoms with E-state index in [2.05, 4.69) is 16.9 Å². The molecule has 1 aromatic heterocycles. The third-order valence-corrected chi connectivity index (χ3v) is 2.22. The number of nitrogens with two attached hydrogens (primary N) is 1. The first kappa shape index (κ1) is 9.15. The molecule has 1 aliphatic heterocycles. The van der Waals surface area contributed by atoms with Gasteiger partial charge in [-0.1, -0.05) is 6.08 Å². The minimum atomic E-state index is 0.259. The molecule has 2 heterocycles. The fraction of sp³-hybridized carbons (Fsp3) is 0.400. The van der Waals surface area contributed by atoms with Crippen molar-refractivity contribution in [2.24, 2.45) is 0 Å². The summed E-state index contributed by atoms with van der Waals surface area (Å²) in [6, 6.07) is 0. The van der Waals surface area contributed by atoms with Gasteiger partial charge in [0.05, 0.1) is 30.8 Å². The third kappa shape index (κ3) is 1.90. The molecule has 0 spiro atoms. The molecule has 1 aromatic rings. The molecule has 74 valence electrons. The van der Waals surface area contributed by atoms with Crippen molar-refractivity contribution in [3.63, 3.8) is 0 Å². The third-order valence-electron chi connectivity index (χ3n) is 2.22. The lowest BCUT2D eigenvalue weighted by atomic mass is 10.0. The van der Waals surface area contributed by atoms with Crippen LogP contribution >= 0.6 is 0 Å². The quantitative estimate of drug-likeness (QED) is 0.725. The molecule has 0 bridgehead atoms. The van der Waals surface area contributed by atoms with Crippen molar-refractivity contribution in [2.75, 3.05) is 12.3 Å². The van der Waals surface area contributed by atoms with Gasteiger partial charge in [0.25, 0.3) is 0 Å². The van der Waals surface area contributed by atoms with Gasteiger partial charge >= 0.3 is 0 Å². The molecule has 0 saturated heterocycles. The topological polar surface area (TPSA) is 61.0 Å². The maximum absolute atomic E-state index is 5.47. The van der Waals surface area contributed by atoms with Crippen molar-refractivity contribution in [2.45, 2.75) is 19.4 Å². The van der Waals surface area contributed by atoms with E-state index in [9.17, 15) is 0 Å². The van der Waals surface area contributed by atoms with Gasteiger partial charge < -0.3 is 10.5 Å². The molecule has 0 saturated carbocycles. The van der Waals surface area contributed by atoms with E-state index in [4.69, 9.17) is 10.5 Å². The van der Waals surface area contributed by atoms with Crippen LogP contribution in [0.3, 0.4) is 0 Å². The Labute approximate surface area is 82.8 Å². The largest absolute Gasteiger partial charge is 0.382 e. The Morgan fingerprint density at radius 1 is 1.43 bits per heavy atom. The highest BCUT2D eigenvalue weighted by atomic mass is 16.5. The van der Waals surface area contributed by atoms with Crippen molar-refractivity contribution in [3.05, 3.63) is 24.2 Å². The number of nitrogens with zero attached hydrogens (tertiary/aromatic N) is 2. The molecule has 0 aliphatic carbocycles. The first-order valence-corrected chi connectivity index (χ1v) is 4.64. The normalized spacial score (nSPS) is 21.8. The zero-order valence-electron chi connectivity index (χ0n) is 8.10. The first-order valence-electron chi connectivity index (χ1n) is 4.64. The summed E-state index contributed by atoms with van der Waals surface area (Å²) in [7, 11) is 0. The maximum Gasteiger partial charge on any atom is 0.141 e. The lowest BCUT2D eigenvalue weighted by Crippen LogP contribution is -2.14. The Morgan fingerprint density at radius 3 is 2.93 bits per heavy atom. The molecule has 14 heavy (non-hydrogen) atoms.